The van der Waals surface area contributed by atoms with Gasteiger partial charge in [0.05, 0.1) is 18.6 Å². The molecule has 482 valence electrons. The Morgan fingerprint density at radius 1 is 0.697 bits per heavy atom. The third-order valence-electron chi connectivity index (χ3n) is 14.3. The molecule has 1 aliphatic rings. The van der Waals surface area contributed by atoms with Crippen LogP contribution in [0.25, 0.3) is 10.9 Å². The van der Waals surface area contributed by atoms with Gasteiger partial charge in [-0.25, -0.2) is 10.2 Å². The summed E-state index contributed by atoms with van der Waals surface area (Å²) in [5, 5.41) is 74.0. The lowest BCUT2D eigenvalue weighted by molar-refractivity contribution is -0.142. The minimum absolute atomic E-state index is 0.00273. The number of fused-ring (bicyclic) bond motifs is 1. The number of hydrazine groups is 1. The second-order valence-electron chi connectivity index (χ2n) is 21.9. The topological polar surface area (TPSA) is 496 Å². The van der Waals surface area contributed by atoms with E-state index < -0.39 is 138 Å². The summed E-state index contributed by atoms with van der Waals surface area (Å²) in [6.45, 7) is 5.49. The predicted molar refractivity (Wildman–Crippen MR) is 320 cm³/mol. The first-order valence-electron chi connectivity index (χ1n) is 28.6. The standard InChI is InChI=1S/C58H80N16O15/c1-29(2)22-41(51(83)66-39(16-11-21-63-57(61)62-5)50(82)67-40(49(60)81)24-34-27-64-38-15-10-9-14-37(34)38)69-58(89)73-72-55(87)47(48(80)33-12-7-6-8-13-33)71-54(86)46(30(3)75)70-52(84)42(26-45(59)79)68-53(85)44-25-36(78)28-74(44)56(88)43(65-31(4)76)23-32-17-19-35(77)20-18-32/h6-10,12-15,17-20,27,29-30,36,39-44,46-48,64,75,77-78,80H,11,16,21-26,28H2,1-5H3,(H2,59,79)(H2,60,81)(H,65,76)(H,66,83)(H,67,82)(H,68,85)(H,70,84)(H,71,86)(H,72,87)(H3,61,62,63)(H2,69,73,89)/t30-,36-,39+,40+,41+,42+,43-,44+,46+,47+,48-/m1/s1. The zero-order valence-electron chi connectivity index (χ0n) is 49.8. The van der Waals surface area contributed by atoms with Gasteiger partial charge in [-0.1, -0.05) is 74.5 Å². The maximum Gasteiger partial charge on any atom is 0.334 e. The van der Waals surface area contributed by atoms with Crippen LogP contribution in [0.4, 0.5) is 4.79 Å². The van der Waals surface area contributed by atoms with Crippen molar-refractivity contribution < 1.29 is 73.2 Å². The lowest BCUT2D eigenvalue weighted by Crippen LogP contribution is -2.63. The summed E-state index contributed by atoms with van der Waals surface area (Å²) < 4.78 is 0. The molecular weight excluding hydrogens is 1160 g/mol. The highest BCUT2D eigenvalue weighted by Crippen LogP contribution is 2.23. The van der Waals surface area contributed by atoms with Crippen molar-refractivity contribution in [3.63, 3.8) is 0 Å². The molecule has 0 bridgehead atoms. The molecule has 4 aromatic rings. The van der Waals surface area contributed by atoms with E-state index in [1.807, 2.05) is 18.2 Å². The molecule has 0 unspecified atom stereocenters. The first-order valence-corrected chi connectivity index (χ1v) is 28.6. The Morgan fingerprint density at radius 2 is 1.33 bits per heavy atom. The largest absolute Gasteiger partial charge is 0.508 e. The fourth-order valence-corrected chi connectivity index (χ4v) is 9.79. The number of carbonyl (C=O) groups is 11. The van der Waals surface area contributed by atoms with Crippen molar-refractivity contribution in [1.29, 1.82) is 5.41 Å². The molecule has 0 spiro atoms. The fourth-order valence-electron chi connectivity index (χ4n) is 9.79. The van der Waals surface area contributed by atoms with Crippen molar-refractivity contribution in [2.75, 3.05) is 20.1 Å². The van der Waals surface area contributed by atoms with E-state index >= 15 is 0 Å². The minimum atomic E-state index is -2.04. The molecule has 2 heterocycles. The number of aromatic hydroxyl groups is 1. The van der Waals surface area contributed by atoms with E-state index in [0.29, 0.717) is 11.1 Å². The van der Waals surface area contributed by atoms with Gasteiger partial charge >= 0.3 is 6.03 Å². The first-order chi connectivity index (χ1) is 42.1. The number of likely N-dealkylation sites (tertiary alicyclic amines) is 1. The van der Waals surface area contributed by atoms with Crippen LogP contribution in [0.5, 0.6) is 5.75 Å². The van der Waals surface area contributed by atoms with Crippen LogP contribution in [0.2, 0.25) is 0 Å². The van der Waals surface area contributed by atoms with Gasteiger partial charge in [0.25, 0.3) is 5.91 Å². The van der Waals surface area contributed by atoms with E-state index in [-0.39, 0.29) is 74.8 Å². The number of carbonyl (C=O) groups excluding carboxylic acids is 11. The third-order valence-corrected chi connectivity index (χ3v) is 14.3. The summed E-state index contributed by atoms with van der Waals surface area (Å²) in [5.41, 5.74) is 17.4. The number of guanidine groups is 1. The number of hydrogen-bond donors (Lipinski definition) is 19. The molecule has 21 N–H and O–H groups in total. The van der Waals surface area contributed by atoms with Gasteiger partial charge in [0, 0.05) is 63.4 Å². The smallest absolute Gasteiger partial charge is 0.334 e. The molecule has 1 aromatic heterocycles. The molecule has 1 saturated heterocycles. The van der Waals surface area contributed by atoms with E-state index in [2.05, 4.69) is 63.7 Å². The molecule has 89 heavy (non-hydrogen) atoms. The van der Waals surface area contributed by atoms with Gasteiger partial charge in [0.2, 0.25) is 53.2 Å². The second-order valence-corrected chi connectivity index (χ2v) is 21.9. The molecule has 1 aliphatic heterocycles. The first kappa shape index (κ1) is 69.9. The molecule has 12 amide bonds. The van der Waals surface area contributed by atoms with Crippen molar-refractivity contribution in [1.82, 2.24) is 68.6 Å². The molecular formula is C58H80N16O15. The number of hydrogen-bond acceptors (Lipinski definition) is 16. The molecule has 1 fully saturated rings. The van der Waals surface area contributed by atoms with Crippen LogP contribution in [0, 0.1) is 11.3 Å². The van der Waals surface area contributed by atoms with Crippen LogP contribution < -0.4 is 70.2 Å². The summed E-state index contributed by atoms with van der Waals surface area (Å²) in [6, 6.07) is 6.55. The molecule has 0 radical (unpaired) electrons. The summed E-state index contributed by atoms with van der Waals surface area (Å²) in [4.78, 5) is 153. The zero-order valence-corrected chi connectivity index (χ0v) is 49.8. The number of para-hydroxylation sites is 1. The lowest BCUT2D eigenvalue weighted by Gasteiger charge is -2.30. The van der Waals surface area contributed by atoms with Crippen molar-refractivity contribution in [3.8, 4) is 5.75 Å². The number of aliphatic hydroxyl groups is 3. The number of β-amino-alcohol motifs (C(OH)–C–C–N with tert-alkyl or cyclic N) is 1. The summed E-state index contributed by atoms with van der Waals surface area (Å²) in [5.74, 6) is -10.4. The summed E-state index contributed by atoms with van der Waals surface area (Å²) in [7, 11) is 1.53. The van der Waals surface area contributed by atoms with Crippen molar-refractivity contribution in [3.05, 3.63) is 102 Å². The Kier molecular flexibility index (Phi) is 26.1. The molecule has 3 aromatic carbocycles. The van der Waals surface area contributed by atoms with Crippen LogP contribution in [-0.4, -0.2) is 182 Å². The minimum Gasteiger partial charge on any atom is -0.508 e. The van der Waals surface area contributed by atoms with Crippen LogP contribution >= 0.6 is 0 Å². The fraction of sp³-hybridized carbons (Fsp3) is 0.448. The molecule has 31 nitrogen and oxygen atoms in total. The van der Waals surface area contributed by atoms with E-state index in [0.717, 1.165) is 29.7 Å². The Labute approximate surface area is 511 Å². The molecule has 11 atom stereocenters. The number of aromatic amines is 1. The SMILES string of the molecule is CNC(=N)NCCC[C@H](NC(=O)[C@H](CC(C)C)NC(=O)NNC(=O)[C@@H](NC(=O)[C@@H](NC(=O)[C@H](CC(N)=O)NC(=O)[C@@H]1C[C@@H](O)CN1C(=O)[C@@H](Cc1ccc(O)cc1)NC(C)=O)[C@@H](C)O)[C@H](O)c1ccccc1)C(=O)N[C@@H](Cc1c[nH]c2ccccc12)C(N)=O. The summed E-state index contributed by atoms with van der Waals surface area (Å²) in [6.07, 6.45) is -4.49. The summed E-state index contributed by atoms with van der Waals surface area (Å²) >= 11 is 0. The van der Waals surface area contributed by atoms with Crippen molar-refractivity contribution in [2.45, 2.75) is 139 Å². The number of nitrogens with one attached hydrogen (secondary N) is 13. The number of phenolic OH excluding ortho intramolecular Hbond substituents is 1. The number of phenols is 1. The average molecular weight is 1240 g/mol. The van der Waals surface area contributed by atoms with Crippen LogP contribution in [0.3, 0.4) is 0 Å². The van der Waals surface area contributed by atoms with Crippen LogP contribution in [0.1, 0.15) is 82.6 Å². The maximum absolute atomic E-state index is 14.1. The number of urea groups is 1. The Morgan fingerprint density at radius 3 is 1.96 bits per heavy atom. The van der Waals surface area contributed by atoms with E-state index in [4.69, 9.17) is 16.9 Å². The lowest BCUT2D eigenvalue weighted by atomic mass is 10.0. The number of H-pyrrole nitrogens is 1. The number of aliphatic hydroxyl groups excluding tert-OH is 3. The highest BCUT2D eigenvalue weighted by molar-refractivity contribution is 5.99. The quantitative estimate of drug-likeness (QED) is 0.0103. The van der Waals surface area contributed by atoms with E-state index in [1.165, 1.54) is 55.6 Å². The number of nitrogens with zero attached hydrogens (tertiary/aromatic N) is 1. The zero-order chi connectivity index (χ0) is 65.6. The van der Waals surface area contributed by atoms with Gasteiger partial charge < -0.3 is 89.6 Å². The van der Waals surface area contributed by atoms with Gasteiger partial charge in [-0.15, -0.1) is 0 Å². The van der Waals surface area contributed by atoms with Gasteiger partial charge in [-0.2, -0.15) is 0 Å². The third kappa shape index (κ3) is 21.2. The predicted octanol–water partition coefficient (Wildman–Crippen LogP) is -3.71. The monoisotopic (exact) mass is 1240 g/mol. The normalized spacial score (nSPS) is 16.7. The van der Waals surface area contributed by atoms with Crippen LogP contribution in [0.15, 0.2) is 85.1 Å². The Balaban J connectivity index is 1.29. The molecule has 0 aliphatic carbocycles. The van der Waals surface area contributed by atoms with Gasteiger partial charge in [0.15, 0.2) is 5.96 Å². The van der Waals surface area contributed by atoms with Crippen molar-refractivity contribution >= 4 is 82.0 Å². The average Bonchev–Trinajstić information content (AvgIpc) is 2.20. The number of rotatable bonds is 30. The number of nitrogens with two attached hydrogens (primary N) is 2. The van der Waals surface area contributed by atoms with Gasteiger partial charge in [0.1, 0.15) is 60.2 Å². The van der Waals surface area contributed by atoms with Gasteiger partial charge in [-0.05, 0) is 67.0 Å². The molecule has 5 rings (SSSR count). The molecule has 31 heteroatoms. The Bertz CT molecular complexity index is 3160. The Hall–Kier alpha value is -9.88. The maximum atomic E-state index is 14.1. The van der Waals surface area contributed by atoms with E-state index in [1.54, 1.807) is 32.2 Å². The van der Waals surface area contributed by atoms with Crippen molar-refractivity contribution in [2.24, 2.45) is 17.4 Å². The molecule has 0 saturated carbocycles. The highest BCUT2D eigenvalue weighted by Gasteiger charge is 2.43. The highest BCUT2D eigenvalue weighted by atomic mass is 16.3. The van der Waals surface area contributed by atoms with Gasteiger partial charge in [-0.3, -0.25) is 58.8 Å². The number of amides is 12. The second kappa shape index (κ2) is 33.3. The number of benzene rings is 3. The number of aromatic nitrogens is 1. The van der Waals surface area contributed by atoms with E-state index in [9.17, 15) is 73.2 Å². The number of primary amides is 2. The van der Waals surface area contributed by atoms with Crippen LogP contribution in [-0.2, 0) is 60.8 Å².